The maximum absolute atomic E-state index is 11.7. The number of amides is 2. The Kier molecular flexibility index (Phi) is 5.91. The quantitative estimate of drug-likeness (QED) is 0.800. The Morgan fingerprint density at radius 3 is 2.32 bits per heavy atom. The van der Waals surface area contributed by atoms with E-state index >= 15 is 0 Å². The summed E-state index contributed by atoms with van der Waals surface area (Å²) < 4.78 is 10.5. The summed E-state index contributed by atoms with van der Waals surface area (Å²) in [6.07, 6.45) is 0. The zero-order chi connectivity index (χ0) is 15.8. The van der Waals surface area contributed by atoms with Gasteiger partial charge in [0.25, 0.3) is 0 Å². The van der Waals surface area contributed by atoms with Gasteiger partial charge < -0.3 is 20.1 Å². The van der Waals surface area contributed by atoms with Crippen LogP contribution in [0.2, 0.25) is 5.02 Å². The van der Waals surface area contributed by atoms with Crippen LogP contribution >= 0.6 is 11.6 Å². The number of hydrogen-bond donors (Lipinski definition) is 2. The molecule has 0 aliphatic heterocycles. The van der Waals surface area contributed by atoms with Gasteiger partial charge >= 0.3 is 6.03 Å². The van der Waals surface area contributed by atoms with Gasteiger partial charge in [-0.3, -0.25) is 0 Å². The topological polar surface area (TPSA) is 59.6 Å². The van der Waals surface area contributed by atoms with E-state index in [0.29, 0.717) is 29.6 Å². The van der Waals surface area contributed by atoms with Crippen LogP contribution in [-0.2, 0) is 0 Å². The molecule has 0 spiro atoms. The highest BCUT2D eigenvalue weighted by Gasteiger charge is 2.01. The number of urea groups is 1. The van der Waals surface area contributed by atoms with Gasteiger partial charge in [-0.1, -0.05) is 11.6 Å². The Morgan fingerprint density at radius 1 is 1.05 bits per heavy atom. The lowest BCUT2D eigenvalue weighted by molar-refractivity contribution is 0.247. The number of halogens is 1. The summed E-state index contributed by atoms with van der Waals surface area (Å²) in [5.41, 5.74) is 0.692. The lowest BCUT2D eigenvalue weighted by Crippen LogP contribution is -2.32. The first-order valence-corrected chi connectivity index (χ1v) is 7.12. The van der Waals surface area contributed by atoms with Crippen LogP contribution in [0.1, 0.15) is 0 Å². The molecule has 0 radical (unpaired) electrons. The summed E-state index contributed by atoms with van der Waals surface area (Å²) in [5.74, 6) is 1.45. The van der Waals surface area contributed by atoms with Crippen LogP contribution in [0, 0.1) is 0 Å². The van der Waals surface area contributed by atoms with Gasteiger partial charge in [-0.2, -0.15) is 0 Å². The number of nitrogens with one attached hydrogen (secondary N) is 2. The van der Waals surface area contributed by atoms with E-state index in [-0.39, 0.29) is 6.03 Å². The Morgan fingerprint density at radius 2 is 1.68 bits per heavy atom. The van der Waals surface area contributed by atoms with Gasteiger partial charge in [0, 0.05) is 10.7 Å². The van der Waals surface area contributed by atoms with Crippen molar-refractivity contribution in [2.75, 3.05) is 25.6 Å². The molecule has 0 fully saturated rings. The van der Waals surface area contributed by atoms with E-state index in [9.17, 15) is 4.79 Å². The Balaban J connectivity index is 1.67. The molecule has 22 heavy (non-hydrogen) atoms. The monoisotopic (exact) mass is 320 g/mol. The molecule has 2 amide bonds. The van der Waals surface area contributed by atoms with Gasteiger partial charge in [0.05, 0.1) is 13.7 Å². The normalized spacial score (nSPS) is 9.91. The highest BCUT2D eigenvalue weighted by atomic mass is 35.5. The summed E-state index contributed by atoms with van der Waals surface area (Å²) >= 11 is 5.78. The maximum Gasteiger partial charge on any atom is 0.319 e. The van der Waals surface area contributed by atoms with Crippen LogP contribution < -0.4 is 20.1 Å². The molecular weight excluding hydrogens is 304 g/mol. The number of ether oxygens (including phenoxy) is 2. The van der Waals surface area contributed by atoms with Crippen LogP contribution in [0.15, 0.2) is 48.5 Å². The summed E-state index contributed by atoms with van der Waals surface area (Å²) in [6.45, 7) is 0.766. The van der Waals surface area contributed by atoms with Crippen molar-refractivity contribution >= 4 is 23.3 Å². The summed E-state index contributed by atoms with van der Waals surface area (Å²) in [5, 5.41) is 6.09. The molecule has 2 aromatic carbocycles. The van der Waals surface area contributed by atoms with Crippen molar-refractivity contribution < 1.29 is 14.3 Å². The number of carbonyl (C=O) groups is 1. The SMILES string of the molecule is COc1ccc(NC(=O)NCCOc2ccc(Cl)cc2)cc1. The summed E-state index contributed by atoms with van der Waals surface area (Å²) in [4.78, 5) is 11.7. The molecule has 0 aliphatic carbocycles. The maximum atomic E-state index is 11.7. The molecular formula is C16H17ClN2O3. The summed E-state index contributed by atoms with van der Waals surface area (Å²) in [6, 6.07) is 13.9. The highest BCUT2D eigenvalue weighted by molar-refractivity contribution is 6.30. The second-order valence-electron chi connectivity index (χ2n) is 4.41. The number of methoxy groups -OCH3 is 1. The van der Waals surface area contributed by atoms with E-state index in [2.05, 4.69) is 10.6 Å². The fourth-order valence-electron chi connectivity index (χ4n) is 1.71. The first kappa shape index (κ1) is 16.0. The van der Waals surface area contributed by atoms with Gasteiger partial charge in [-0.05, 0) is 48.5 Å². The van der Waals surface area contributed by atoms with Crippen LogP contribution in [0.25, 0.3) is 0 Å². The Bertz CT molecular complexity index is 600. The minimum absolute atomic E-state index is 0.287. The molecule has 2 rings (SSSR count). The van der Waals surface area contributed by atoms with Crippen LogP contribution in [0.5, 0.6) is 11.5 Å². The third-order valence-corrected chi connectivity index (χ3v) is 3.07. The van der Waals surface area contributed by atoms with E-state index in [1.807, 2.05) is 0 Å². The van der Waals surface area contributed by atoms with Crippen LogP contribution in [-0.4, -0.2) is 26.3 Å². The molecule has 0 saturated carbocycles. The largest absolute Gasteiger partial charge is 0.497 e. The molecule has 6 heteroatoms. The number of hydrogen-bond acceptors (Lipinski definition) is 3. The smallest absolute Gasteiger partial charge is 0.319 e. The van der Waals surface area contributed by atoms with Gasteiger partial charge in [0.15, 0.2) is 0 Å². The van der Waals surface area contributed by atoms with E-state index in [0.717, 1.165) is 5.75 Å². The second kappa shape index (κ2) is 8.14. The van der Waals surface area contributed by atoms with Gasteiger partial charge in [0.2, 0.25) is 0 Å². The molecule has 0 aromatic heterocycles. The number of benzene rings is 2. The average molecular weight is 321 g/mol. The zero-order valence-corrected chi connectivity index (χ0v) is 12.9. The third kappa shape index (κ3) is 5.18. The fraction of sp³-hybridized carbons (Fsp3) is 0.188. The third-order valence-electron chi connectivity index (χ3n) is 2.82. The van der Waals surface area contributed by atoms with Crippen LogP contribution in [0.3, 0.4) is 0 Å². The molecule has 0 heterocycles. The van der Waals surface area contributed by atoms with Crippen molar-refractivity contribution in [2.24, 2.45) is 0 Å². The van der Waals surface area contributed by atoms with E-state index in [1.54, 1.807) is 55.6 Å². The lowest BCUT2D eigenvalue weighted by Gasteiger charge is -2.09. The van der Waals surface area contributed by atoms with E-state index < -0.39 is 0 Å². The fourth-order valence-corrected chi connectivity index (χ4v) is 1.84. The molecule has 116 valence electrons. The molecule has 0 aliphatic rings. The summed E-state index contributed by atoms with van der Waals surface area (Å²) in [7, 11) is 1.59. The number of anilines is 1. The standard InChI is InChI=1S/C16H17ClN2O3/c1-21-14-8-4-13(5-9-14)19-16(20)18-10-11-22-15-6-2-12(17)3-7-15/h2-9H,10-11H2,1H3,(H2,18,19,20). The van der Waals surface area contributed by atoms with Crippen molar-refractivity contribution in [2.45, 2.75) is 0 Å². The predicted molar refractivity (Wildman–Crippen MR) is 87.0 cm³/mol. The molecule has 2 aromatic rings. The minimum Gasteiger partial charge on any atom is -0.497 e. The minimum atomic E-state index is -0.287. The molecule has 0 atom stereocenters. The predicted octanol–water partition coefficient (Wildman–Crippen LogP) is 3.55. The van der Waals surface area contributed by atoms with Crippen molar-refractivity contribution in [3.63, 3.8) is 0 Å². The first-order valence-electron chi connectivity index (χ1n) is 6.74. The molecule has 5 nitrogen and oxygen atoms in total. The molecule has 0 saturated heterocycles. The highest BCUT2D eigenvalue weighted by Crippen LogP contribution is 2.15. The van der Waals surface area contributed by atoms with Gasteiger partial charge in [-0.15, -0.1) is 0 Å². The van der Waals surface area contributed by atoms with Crippen molar-refractivity contribution in [3.05, 3.63) is 53.6 Å². The second-order valence-corrected chi connectivity index (χ2v) is 4.85. The lowest BCUT2D eigenvalue weighted by atomic mass is 10.3. The average Bonchev–Trinajstić information content (AvgIpc) is 2.54. The van der Waals surface area contributed by atoms with E-state index in [4.69, 9.17) is 21.1 Å². The van der Waals surface area contributed by atoms with Crippen molar-refractivity contribution in [3.8, 4) is 11.5 Å². The Hall–Kier alpha value is -2.40. The first-order chi connectivity index (χ1) is 10.7. The van der Waals surface area contributed by atoms with Crippen molar-refractivity contribution in [1.82, 2.24) is 5.32 Å². The van der Waals surface area contributed by atoms with Gasteiger partial charge in [-0.25, -0.2) is 4.79 Å². The van der Waals surface area contributed by atoms with Crippen LogP contribution in [0.4, 0.5) is 10.5 Å². The number of carbonyl (C=O) groups excluding carboxylic acids is 1. The molecule has 0 bridgehead atoms. The van der Waals surface area contributed by atoms with E-state index in [1.165, 1.54) is 0 Å². The molecule has 0 unspecified atom stereocenters. The number of rotatable bonds is 6. The Labute approximate surface area is 134 Å². The van der Waals surface area contributed by atoms with Gasteiger partial charge in [0.1, 0.15) is 18.1 Å². The molecule has 2 N–H and O–H groups in total. The van der Waals surface area contributed by atoms with Crippen molar-refractivity contribution in [1.29, 1.82) is 0 Å². The zero-order valence-electron chi connectivity index (χ0n) is 12.1.